The van der Waals surface area contributed by atoms with Gasteiger partial charge >= 0.3 is 0 Å². The van der Waals surface area contributed by atoms with Crippen LogP contribution < -0.4 is 5.73 Å². The lowest BCUT2D eigenvalue weighted by atomic mass is 9.76. The molecule has 0 radical (unpaired) electrons. The van der Waals surface area contributed by atoms with Gasteiger partial charge in [-0.2, -0.15) is 0 Å². The lowest BCUT2D eigenvalue weighted by Gasteiger charge is -2.31. The summed E-state index contributed by atoms with van der Waals surface area (Å²) >= 11 is 0. The zero-order valence-corrected chi connectivity index (χ0v) is 9.84. The molecule has 2 N–H and O–H groups in total. The number of fused-ring (bicyclic) bond motifs is 1. The summed E-state index contributed by atoms with van der Waals surface area (Å²) in [5.41, 5.74) is 10.5. The van der Waals surface area contributed by atoms with Gasteiger partial charge in [0, 0.05) is 12.0 Å². The van der Waals surface area contributed by atoms with Crippen molar-refractivity contribution in [2.45, 2.75) is 24.8 Å². The smallest absolute Gasteiger partial charge is 0.0244 e. The van der Waals surface area contributed by atoms with E-state index in [-0.39, 0.29) is 6.04 Å². The third kappa shape index (κ3) is 1.87. The first-order valence-electron chi connectivity index (χ1n) is 6.24. The first kappa shape index (κ1) is 10.5. The van der Waals surface area contributed by atoms with Crippen molar-refractivity contribution in [1.82, 2.24) is 0 Å². The molecular formula is C16H17N. The molecule has 1 nitrogen and oxygen atoms in total. The Labute approximate surface area is 102 Å². The highest BCUT2D eigenvalue weighted by molar-refractivity contribution is 5.41. The topological polar surface area (TPSA) is 26.0 Å². The zero-order valence-electron chi connectivity index (χ0n) is 9.84. The van der Waals surface area contributed by atoms with Gasteiger partial charge in [-0.1, -0.05) is 54.6 Å². The fraction of sp³-hybridized carbons (Fsp3) is 0.250. The van der Waals surface area contributed by atoms with Crippen LogP contribution in [0.1, 0.15) is 29.0 Å². The van der Waals surface area contributed by atoms with Crippen molar-refractivity contribution in [2.24, 2.45) is 5.73 Å². The fourth-order valence-electron chi connectivity index (χ4n) is 2.87. The van der Waals surface area contributed by atoms with E-state index < -0.39 is 0 Å². The van der Waals surface area contributed by atoms with E-state index in [1.807, 2.05) is 0 Å². The van der Waals surface area contributed by atoms with Crippen LogP contribution in [-0.2, 0) is 6.42 Å². The molecule has 0 amide bonds. The molecule has 2 aromatic carbocycles. The molecular weight excluding hydrogens is 206 g/mol. The largest absolute Gasteiger partial charge is 0.327 e. The van der Waals surface area contributed by atoms with Gasteiger partial charge in [-0.05, 0) is 29.5 Å². The van der Waals surface area contributed by atoms with E-state index in [9.17, 15) is 0 Å². The lowest BCUT2D eigenvalue weighted by Crippen LogP contribution is -2.33. The van der Waals surface area contributed by atoms with Gasteiger partial charge in [0.1, 0.15) is 0 Å². The molecule has 1 aliphatic rings. The molecule has 0 heterocycles. The lowest BCUT2D eigenvalue weighted by molar-refractivity contribution is 0.518. The van der Waals surface area contributed by atoms with Crippen molar-refractivity contribution in [3.8, 4) is 0 Å². The van der Waals surface area contributed by atoms with Gasteiger partial charge in [0.2, 0.25) is 0 Å². The van der Waals surface area contributed by atoms with Gasteiger partial charge in [-0.15, -0.1) is 0 Å². The van der Waals surface area contributed by atoms with Crippen molar-refractivity contribution in [3.63, 3.8) is 0 Å². The Bertz CT molecular complexity index is 504. The Balaban J connectivity index is 2.10. The molecule has 0 aromatic heterocycles. The van der Waals surface area contributed by atoms with Crippen LogP contribution in [0.2, 0.25) is 0 Å². The summed E-state index contributed by atoms with van der Waals surface area (Å²) in [6.45, 7) is 0. The van der Waals surface area contributed by atoms with Crippen molar-refractivity contribution in [3.05, 3.63) is 71.3 Å². The van der Waals surface area contributed by atoms with Crippen LogP contribution in [-0.4, -0.2) is 6.04 Å². The van der Waals surface area contributed by atoms with Crippen LogP contribution in [0.4, 0.5) is 0 Å². The summed E-state index contributed by atoms with van der Waals surface area (Å²) < 4.78 is 0. The molecule has 2 atom stereocenters. The monoisotopic (exact) mass is 223 g/mol. The maximum atomic E-state index is 6.33. The predicted molar refractivity (Wildman–Crippen MR) is 71.0 cm³/mol. The minimum atomic E-state index is 0.243. The predicted octanol–water partition coefficient (Wildman–Crippen LogP) is 3.09. The van der Waals surface area contributed by atoms with Crippen LogP contribution in [0.25, 0.3) is 0 Å². The average molecular weight is 223 g/mol. The highest BCUT2D eigenvalue weighted by Crippen LogP contribution is 2.35. The van der Waals surface area contributed by atoms with E-state index in [2.05, 4.69) is 54.6 Å². The molecule has 86 valence electrons. The minimum Gasteiger partial charge on any atom is -0.327 e. The van der Waals surface area contributed by atoms with Crippen molar-refractivity contribution >= 4 is 0 Å². The minimum absolute atomic E-state index is 0.243. The van der Waals surface area contributed by atoms with E-state index in [4.69, 9.17) is 5.73 Å². The van der Waals surface area contributed by atoms with Crippen molar-refractivity contribution < 1.29 is 0 Å². The molecule has 3 rings (SSSR count). The normalized spacial score (nSPS) is 23.1. The second-order valence-corrected chi connectivity index (χ2v) is 4.79. The van der Waals surface area contributed by atoms with Crippen molar-refractivity contribution in [2.75, 3.05) is 0 Å². The summed E-state index contributed by atoms with van der Waals surface area (Å²) in [7, 11) is 0. The van der Waals surface area contributed by atoms with Crippen LogP contribution in [0.15, 0.2) is 54.6 Å². The number of benzene rings is 2. The second kappa shape index (κ2) is 4.34. The number of aryl methyl sites for hydroxylation is 1. The Morgan fingerprint density at radius 3 is 2.41 bits per heavy atom. The Morgan fingerprint density at radius 1 is 0.882 bits per heavy atom. The summed E-state index contributed by atoms with van der Waals surface area (Å²) in [4.78, 5) is 0. The zero-order chi connectivity index (χ0) is 11.7. The molecule has 1 aliphatic carbocycles. The third-order valence-electron chi connectivity index (χ3n) is 3.72. The maximum absolute atomic E-state index is 6.33. The molecule has 0 aliphatic heterocycles. The first-order valence-corrected chi connectivity index (χ1v) is 6.24. The van der Waals surface area contributed by atoms with Gasteiger partial charge in [0.05, 0.1) is 0 Å². The van der Waals surface area contributed by atoms with E-state index >= 15 is 0 Å². The van der Waals surface area contributed by atoms with E-state index in [1.165, 1.54) is 16.7 Å². The maximum Gasteiger partial charge on any atom is 0.0244 e. The Hall–Kier alpha value is -1.60. The average Bonchev–Trinajstić information content (AvgIpc) is 2.39. The first-order chi connectivity index (χ1) is 8.36. The summed E-state index contributed by atoms with van der Waals surface area (Å²) in [6, 6.07) is 19.6. The van der Waals surface area contributed by atoms with Crippen LogP contribution in [0.3, 0.4) is 0 Å². The second-order valence-electron chi connectivity index (χ2n) is 4.79. The van der Waals surface area contributed by atoms with Gasteiger partial charge < -0.3 is 5.73 Å². The third-order valence-corrected chi connectivity index (χ3v) is 3.72. The molecule has 0 spiro atoms. The fourth-order valence-corrected chi connectivity index (χ4v) is 2.87. The van der Waals surface area contributed by atoms with Gasteiger partial charge in [0.15, 0.2) is 0 Å². The quantitative estimate of drug-likeness (QED) is 0.790. The number of hydrogen-bond acceptors (Lipinski definition) is 1. The highest BCUT2D eigenvalue weighted by Gasteiger charge is 2.27. The Morgan fingerprint density at radius 2 is 1.59 bits per heavy atom. The summed E-state index contributed by atoms with van der Waals surface area (Å²) in [5.74, 6) is 0.362. The van der Waals surface area contributed by atoms with Crippen LogP contribution >= 0.6 is 0 Å². The molecule has 0 bridgehead atoms. The molecule has 0 saturated heterocycles. The molecule has 17 heavy (non-hydrogen) atoms. The number of nitrogens with two attached hydrogens (primary N) is 1. The molecule has 2 unspecified atom stereocenters. The van der Waals surface area contributed by atoms with E-state index in [0.717, 1.165) is 12.8 Å². The summed E-state index contributed by atoms with van der Waals surface area (Å²) in [6.07, 6.45) is 2.19. The van der Waals surface area contributed by atoms with Gasteiger partial charge in [-0.25, -0.2) is 0 Å². The van der Waals surface area contributed by atoms with Crippen LogP contribution in [0, 0.1) is 0 Å². The summed E-state index contributed by atoms with van der Waals surface area (Å²) in [5, 5.41) is 0. The van der Waals surface area contributed by atoms with E-state index in [1.54, 1.807) is 0 Å². The standard InChI is InChI=1S/C16H17N/c17-15-11-10-12-6-4-5-9-14(12)16(15)13-7-2-1-3-8-13/h1-9,15-16H,10-11,17H2. The molecule has 2 aromatic rings. The number of hydrogen-bond donors (Lipinski definition) is 1. The SMILES string of the molecule is NC1CCc2ccccc2C1c1ccccc1. The van der Waals surface area contributed by atoms with E-state index in [0.29, 0.717) is 5.92 Å². The van der Waals surface area contributed by atoms with Crippen LogP contribution in [0.5, 0.6) is 0 Å². The Kier molecular flexibility index (Phi) is 2.69. The molecule has 1 heteroatoms. The highest BCUT2D eigenvalue weighted by atomic mass is 14.7. The number of rotatable bonds is 1. The van der Waals surface area contributed by atoms with Crippen molar-refractivity contribution in [1.29, 1.82) is 0 Å². The molecule has 0 fully saturated rings. The molecule has 0 saturated carbocycles. The van der Waals surface area contributed by atoms with Gasteiger partial charge in [-0.3, -0.25) is 0 Å². The van der Waals surface area contributed by atoms with Gasteiger partial charge in [0.25, 0.3) is 0 Å².